The van der Waals surface area contributed by atoms with Gasteiger partial charge in [0.1, 0.15) is 0 Å². The van der Waals surface area contributed by atoms with Gasteiger partial charge in [0.25, 0.3) is 0 Å². The topological polar surface area (TPSA) is 35.8 Å². The third-order valence-corrected chi connectivity index (χ3v) is 3.29. The quantitative estimate of drug-likeness (QED) is 0.617. The minimum Gasteiger partial charge on any atom is -0.309 e. The zero-order valence-corrected chi connectivity index (χ0v) is 10.8. The highest BCUT2D eigenvalue weighted by molar-refractivity contribution is 7.99. The van der Waals surface area contributed by atoms with Gasteiger partial charge in [0.2, 0.25) is 0 Å². The molecule has 0 radical (unpaired) electrons. The Hall–Kier alpha value is -1.42. The first-order chi connectivity index (χ1) is 8.27. The molecule has 0 spiro atoms. The summed E-state index contributed by atoms with van der Waals surface area (Å²) in [6, 6.07) is 10.1. The van der Waals surface area contributed by atoms with Crippen molar-refractivity contribution in [3.63, 3.8) is 0 Å². The van der Waals surface area contributed by atoms with Crippen LogP contribution in [0.5, 0.6) is 0 Å². The Bertz CT molecular complexity index is 411. The van der Waals surface area contributed by atoms with Crippen molar-refractivity contribution in [2.24, 2.45) is 0 Å². The van der Waals surface area contributed by atoms with Crippen LogP contribution in [0, 0.1) is 23.7 Å². The molecule has 1 unspecified atom stereocenters. The van der Waals surface area contributed by atoms with Crippen LogP contribution in [-0.2, 0) is 0 Å². The van der Waals surface area contributed by atoms with Gasteiger partial charge in [-0.3, -0.25) is 0 Å². The van der Waals surface area contributed by atoms with E-state index in [2.05, 4.69) is 24.2 Å². The summed E-state index contributed by atoms with van der Waals surface area (Å²) in [4.78, 5) is 0. The molecule has 1 N–H and O–H groups in total. The highest BCUT2D eigenvalue weighted by Crippen LogP contribution is 2.13. The van der Waals surface area contributed by atoms with E-state index in [4.69, 9.17) is 11.7 Å². The van der Waals surface area contributed by atoms with Crippen LogP contribution in [0.2, 0.25) is 0 Å². The van der Waals surface area contributed by atoms with Gasteiger partial charge >= 0.3 is 0 Å². The minimum absolute atomic E-state index is 0.300. The van der Waals surface area contributed by atoms with E-state index in [1.807, 2.05) is 24.3 Å². The number of rotatable bonds is 6. The number of nitriles is 1. The summed E-state index contributed by atoms with van der Waals surface area (Å²) in [6.45, 7) is 3.06. The molecule has 0 saturated carbocycles. The molecule has 1 aromatic rings. The molecule has 1 atom stereocenters. The molecule has 0 amide bonds. The molecule has 88 valence electrons. The zero-order valence-electron chi connectivity index (χ0n) is 9.94. The Morgan fingerprint density at radius 3 is 2.71 bits per heavy atom. The molecule has 0 fully saturated rings. The Morgan fingerprint density at radius 1 is 1.41 bits per heavy atom. The van der Waals surface area contributed by atoms with Gasteiger partial charge in [-0.05, 0) is 24.6 Å². The molecular formula is C14H16N2S. The van der Waals surface area contributed by atoms with Crippen LogP contribution >= 0.6 is 11.8 Å². The van der Waals surface area contributed by atoms with Gasteiger partial charge < -0.3 is 5.32 Å². The van der Waals surface area contributed by atoms with Gasteiger partial charge in [-0.25, -0.2) is 0 Å². The standard InChI is InChI=1S/C14H16N2S/c1-3-9-17-10-8-16-12(2)14-6-4-13(11-15)5-7-14/h1,4-7,12,16H,8-10H2,2H3. The lowest BCUT2D eigenvalue weighted by atomic mass is 10.1. The predicted molar refractivity (Wildman–Crippen MR) is 73.7 cm³/mol. The summed E-state index contributed by atoms with van der Waals surface area (Å²) in [5, 5.41) is 12.1. The molecule has 3 heteroatoms. The van der Waals surface area contributed by atoms with Crippen LogP contribution in [0.3, 0.4) is 0 Å². The molecule has 0 aliphatic heterocycles. The molecule has 1 aromatic carbocycles. The lowest BCUT2D eigenvalue weighted by Gasteiger charge is -2.13. The summed E-state index contributed by atoms with van der Waals surface area (Å²) in [5.74, 6) is 4.39. The first-order valence-corrected chi connectivity index (χ1v) is 6.68. The molecule has 0 bridgehead atoms. The molecule has 1 rings (SSSR count). The van der Waals surface area contributed by atoms with Gasteiger partial charge in [-0.15, -0.1) is 18.2 Å². The van der Waals surface area contributed by atoms with Gasteiger partial charge in [-0.1, -0.05) is 18.1 Å². The maximum atomic E-state index is 8.71. The maximum Gasteiger partial charge on any atom is 0.0991 e. The molecule has 0 saturated heterocycles. The van der Waals surface area contributed by atoms with Crippen LogP contribution < -0.4 is 5.32 Å². The van der Waals surface area contributed by atoms with Crippen LogP contribution in [0.25, 0.3) is 0 Å². The number of thioether (sulfide) groups is 1. The van der Waals surface area contributed by atoms with E-state index in [9.17, 15) is 0 Å². The summed E-state index contributed by atoms with van der Waals surface area (Å²) >= 11 is 1.75. The highest BCUT2D eigenvalue weighted by atomic mass is 32.2. The van der Waals surface area contributed by atoms with E-state index in [1.54, 1.807) is 11.8 Å². The number of terminal acetylenes is 1. The maximum absolute atomic E-state index is 8.71. The monoisotopic (exact) mass is 244 g/mol. The zero-order chi connectivity index (χ0) is 12.5. The smallest absolute Gasteiger partial charge is 0.0991 e. The summed E-state index contributed by atoms with van der Waals surface area (Å²) < 4.78 is 0. The SMILES string of the molecule is C#CCSCCNC(C)c1ccc(C#N)cc1. The van der Waals surface area contributed by atoms with Crippen LogP contribution in [0.15, 0.2) is 24.3 Å². The second-order valence-corrected chi connectivity index (χ2v) is 4.77. The predicted octanol–water partition coefficient (Wildman–Crippen LogP) is 2.58. The highest BCUT2D eigenvalue weighted by Gasteiger charge is 2.03. The second-order valence-electron chi connectivity index (χ2n) is 3.67. The van der Waals surface area contributed by atoms with Crippen LogP contribution in [0.1, 0.15) is 24.1 Å². The number of nitrogens with zero attached hydrogens (tertiary/aromatic N) is 1. The Labute approximate surface area is 107 Å². The lowest BCUT2D eigenvalue weighted by Crippen LogP contribution is -2.21. The second kappa shape index (κ2) is 7.79. The van der Waals surface area contributed by atoms with Gasteiger partial charge in [0.05, 0.1) is 17.4 Å². The van der Waals surface area contributed by atoms with Gasteiger partial charge in [0, 0.05) is 18.3 Å². The molecule has 17 heavy (non-hydrogen) atoms. The van der Waals surface area contributed by atoms with Crippen molar-refractivity contribution in [3.05, 3.63) is 35.4 Å². The fourth-order valence-corrected chi connectivity index (χ4v) is 1.97. The number of nitrogens with one attached hydrogen (secondary N) is 1. The number of hydrogen-bond donors (Lipinski definition) is 1. The van der Waals surface area contributed by atoms with E-state index in [0.717, 1.165) is 18.1 Å². The Kier molecular flexibility index (Phi) is 6.25. The molecule has 0 aliphatic rings. The van der Waals surface area contributed by atoms with Crippen molar-refractivity contribution >= 4 is 11.8 Å². The largest absolute Gasteiger partial charge is 0.309 e. The average molecular weight is 244 g/mol. The lowest BCUT2D eigenvalue weighted by molar-refractivity contribution is 0.601. The summed E-state index contributed by atoms with van der Waals surface area (Å²) in [5.41, 5.74) is 1.90. The van der Waals surface area contributed by atoms with Gasteiger partial charge in [0.15, 0.2) is 0 Å². The van der Waals surface area contributed by atoms with Crippen molar-refractivity contribution < 1.29 is 0 Å². The van der Waals surface area contributed by atoms with Crippen molar-refractivity contribution in [3.8, 4) is 18.4 Å². The third kappa shape index (κ3) is 4.95. The van der Waals surface area contributed by atoms with Crippen LogP contribution in [-0.4, -0.2) is 18.1 Å². The first kappa shape index (κ1) is 13.6. The molecule has 0 heterocycles. The fraction of sp³-hybridized carbons (Fsp3) is 0.357. The Morgan fingerprint density at radius 2 is 2.12 bits per heavy atom. The van der Waals surface area contributed by atoms with E-state index < -0.39 is 0 Å². The summed E-state index contributed by atoms with van der Waals surface area (Å²) in [6.07, 6.45) is 5.17. The molecule has 2 nitrogen and oxygen atoms in total. The fourth-order valence-electron chi connectivity index (χ4n) is 1.44. The Balaban J connectivity index is 2.34. The van der Waals surface area contributed by atoms with E-state index >= 15 is 0 Å². The van der Waals surface area contributed by atoms with E-state index in [0.29, 0.717) is 11.6 Å². The molecule has 0 aromatic heterocycles. The van der Waals surface area contributed by atoms with Crippen molar-refractivity contribution in [2.45, 2.75) is 13.0 Å². The minimum atomic E-state index is 0.300. The summed E-state index contributed by atoms with van der Waals surface area (Å²) in [7, 11) is 0. The van der Waals surface area contributed by atoms with E-state index in [1.165, 1.54) is 5.56 Å². The van der Waals surface area contributed by atoms with E-state index in [-0.39, 0.29) is 0 Å². The van der Waals surface area contributed by atoms with Crippen molar-refractivity contribution in [1.29, 1.82) is 5.26 Å². The third-order valence-electron chi connectivity index (χ3n) is 2.42. The number of benzene rings is 1. The van der Waals surface area contributed by atoms with Crippen molar-refractivity contribution in [1.82, 2.24) is 5.32 Å². The molecule has 0 aliphatic carbocycles. The van der Waals surface area contributed by atoms with Crippen LogP contribution in [0.4, 0.5) is 0 Å². The van der Waals surface area contributed by atoms with Gasteiger partial charge in [-0.2, -0.15) is 5.26 Å². The first-order valence-electron chi connectivity index (χ1n) is 5.52. The normalized spacial score (nSPS) is 11.5. The van der Waals surface area contributed by atoms with Crippen molar-refractivity contribution in [2.75, 3.05) is 18.1 Å². The number of hydrogen-bond acceptors (Lipinski definition) is 3. The average Bonchev–Trinajstić information content (AvgIpc) is 2.38. The molecular weight excluding hydrogens is 228 g/mol.